The maximum atomic E-state index is 13.4. The highest BCUT2D eigenvalue weighted by molar-refractivity contribution is 5.92. The van der Waals surface area contributed by atoms with Gasteiger partial charge in [-0.15, -0.1) is 0 Å². The maximum absolute atomic E-state index is 13.4. The number of halogens is 1. The average molecular weight is 310 g/mol. The van der Waals surface area contributed by atoms with Crippen LogP contribution in [0.2, 0.25) is 0 Å². The van der Waals surface area contributed by atoms with Gasteiger partial charge >= 0.3 is 5.97 Å². The number of amides is 2. The summed E-state index contributed by atoms with van der Waals surface area (Å²) >= 11 is 0. The van der Waals surface area contributed by atoms with Crippen molar-refractivity contribution >= 4 is 17.8 Å². The van der Waals surface area contributed by atoms with E-state index in [0.717, 1.165) is 6.07 Å². The lowest BCUT2D eigenvalue weighted by Gasteiger charge is -2.20. The molecule has 1 rings (SSSR count). The van der Waals surface area contributed by atoms with Crippen LogP contribution < -0.4 is 5.32 Å². The highest BCUT2D eigenvalue weighted by Gasteiger charge is 2.18. The van der Waals surface area contributed by atoms with Crippen LogP contribution in [0.3, 0.4) is 0 Å². The Labute approximate surface area is 128 Å². The molecule has 0 aliphatic carbocycles. The van der Waals surface area contributed by atoms with Gasteiger partial charge in [0, 0.05) is 13.1 Å². The number of nitrogens with one attached hydrogen (secondary N) is 1. The molecule has 1 N–H and O–H groups in total. The minimum absolute atomic E-state index is 0.111. The van der Waals surface area contributed by atoms with Gasteiger partial charge in [0.25, 0.3) is 5.91 Å². The number of nitrogens with zero attached hydrogens (tertiary/aromatic N) is 1. The molecule has 6 nitrogen and oxygen atoms in total. The molecule has 0 heterocycles. The first-order valence-corrected chi connectivity index (χ1v) is 6.95. The second-order valence-electron chi connectivity index (χ2n) is 4.42. The third-order valence-electron chi connectivity index (χ3n) is 2.86. The van der Waals surface area contributed by atoms with Crippen molar-refractivity contribution in [1.29, 1.82) is 0 Å². The number of carbonyl (C=O) groups is 3. The molecule has 0 atom stereocenters. The average Bonchev–Trinajstić information content (AvgIpc) is 2.50. The van der Waals surface area contributed by atoms with Crippen molar-refractivity contribution in [1.82, 2.24) is 10.2 Å². The third kappa shape index (κ3) is 5.16. The molecule has 1 aromatic rings. The maximum Gasteiger partial charge on any atom is 0.341 e. The topological polar surface area (TPSA) is 75.7 Å². The Kier molecular flexibility index (Phi) is 7.01. The summed E-state index contributed by atoms with van der Waals surface area (Å²) in [5.74, 6) is -2.44. The van der Waals surface area contributed by atoms with Gasteiger partial charge in [-0.05, 0) is 26.0 Å². The smallest absolute Gasteiger partial charge is 0.341 e. The third-order valence-corrected chi connectivity index (χ3v) is 2.86. The molecule has 0 aromatic heterocycles. The number of benzene rings is 1. The molecule has 0 aliphatic rings. The van der Waals surface area contributed by atoms with Crippen molar-refractivity contribution in [3.05, 3.63) is 35.6 Å². The van der Waals surface area contributed by atoms with E-state index >= 15 is 0 Å². The van der Waals surface area contributed by atoms with E-state index in [2.05, 4.69) is 5.32 Å². The zero-order valence-electron chi connectivity index (χ0n) is 12.6. The monoisotopic (exact) mass is 310 g/mol. The molecular formula is C15H19FN2O4. The summed E-state index contributed by atoms with van der Waals surface area (Å²) in [6.45, 7) is 3.59. The van der Waals surface area contributed by atoms with Gasteiger partial charge < -0.3 is 15.0 Å². The second-order valence-corrected chi connectivity index (χ2v) is 4.42. The van der Waals surface area contributed by atoms with Crippen LogP contribution in [0, 0.1) is 5.82 Å². The highest BCUT2D eigenvalue weighted by atomic mass is 19.1. The van der Waals surface area contributed by atoms with Crippen LogP contribution >= 0.6 is 0 Å². The van der Waals surface area contributed by atoms with Gasteiger partial charge in [0.05, 0.1) is 12.1 Å². The molecule has 0 spiro atoms. The van der Waals surface area contributed by atoms with Crippen molar-refractivity contribution in [3.63, 3.8) is 0 Å². The fraction of sp³-hybridized carbons (Fsp3) is 0.400. The van der Waals surface area contributed by atoms with Crippen LogP contribution in [-0.2, 0) is 14.3 Å². The molecule has 0 saturated heterocycles. The summed E-state index contributed by atoms with van der Waals surface area (Å²) in [5, 5.41) is 2.57. The van der Waals surface area contributed by atoms with Crippen molar-refractivity contribution in [2.45, 2.75) is 13.8 Å². The molecule has 0 bridgehead atoms. The Bertz CT molecular complexity index is 548. The van der Waals surface area contributed by atoms with Crippen LogP contribution in [0.15, 0.2) is 24.3 Å². The standard InChI is InChI=1S/C15H19FN2O4/c1-3-17-13(19)9-18(4-2)14(20)10-22-15(21)11-7-5-6-8-12(11)16/h5-8H,3-4,9-10H2,1-2H3,(H,17,19). The number of hydrogen-bond donors (Lipinski definition) is 1. The predicted molar refractivity (Wildman–Crippen MR) is 77.6 cm³/mol. The van der Waals surface area contributed by atoms with E-state index in [9.17, 15) is 18.8 Å². The van der Waals surface area contributed by atoms with Gasteiger partial charge in [-0.2, -0.15) is 0 Å². The van der Waals surface area contributed by atoms with Gasteiger partial charge in [-0.25, -0.2) is 9.18 Å². The first-order chi connectivity index (χ1) is 10.5. The molecule has 0 saturated carbocycles. The molecule has 120 valence electrons. The van der Waals surface area contributed by atoms with Gasteiger partial charge in [0.1, 0.15) is 5.82 Å². The van der Waals surface area contributed by atoms with Crippen LogP contribution in [0.25, 0.3) is 0 Å². The van der Waals surface area contributed by atoms with Crippen LogP contribution in [0.4, 0.5) is 4.39 Å². The first kappa shape index (κ1) is 17.6. The van der Waals surface area contributed by atoms with Gasteiger partial charge in [-0.1, -0.05) is 12.1 Å². The minimum atomic E-state index is -0.916. The normalized spacial score (nSPS) is 9.95. The number of rotatable bonds is 7. The van der Waals surface area contributed by atoms with Gasteiger partial charge in [0.15, 0.2) is 6.61 Å². The Morgan fingerprint density at radius 1 is 1.23 bits per heavy atom. The van der Waals surface area contributed by atoms with E-state index in [-0.39, 0.29) is 18.0 Å². The van der Waals surface area contributed by atoms with Crippen LogP contribution in [0.5, 0.6) is 0 Å². The predicted octanol–water partition coefficient (Wildman–Crippen LogP) is 0.967. The largest absolute Gasteiger partial charge is 0.452 e. The molecule has 0 unspecified atom stereocenters. The van der Waals surface area contributed by atoms with E-state index in [1.807, 2.05) is 0 Å². The SMILES string of the molecule is CCNC(=O)CN(CC)C(=O)COC(=O)c1ccccc1F. The summed E-state index contributed by atoms with van der Waals surface area (Å²) < 4.78 is 18.2. The molecule has 1 aromatic carbocycles. The van der Waals surface area contributed by atoms with Gasteiger partial charge in [0.2, 0.25) is 5.91 Å². The Morgan fingerprint density at radius 3 is 2.50 bits per heavy atom. The second kappa shape index (κ2) is 8.76. The lowest BCUT2D eigenvalue weighted by atomic mass is 10.2. The Balaban J connectivity index is 2.55. The number of ether oxygens (including phenoxy) is 1. The summed E-state index contributed by atoms with van der Waals surface area (Å²) in [7, 11) is 0. The number of carbonyl (C=O) groups excluding carboxylic acids is 3. The van der Waals surface area contributed by atoms with E-state index in [4.69, 9.17) is 4.74 Å². The molecule has 22 heavy (non-hydrogen) atoms. The summed E-state index contributed by atoms with van der Waals surface area (Å²) in [6.07, 6.45) is 0. The first-order valence-electron chi connectivity index (χ1n) is 6.95. The van der Waals surface area contributed by atoms with Crippen LogP contribution in [0.1, 0.15) is 24.2 Å². The Morgan fingerprint density at radius 2 is 1.91 bits per heavy atom. The molecule has 7 heteroatoms. The van der Waals surface area contributed by atoms with Crippen molar-refractivity contribution in [2.75, 3.05) is 26.2 Å². The zero-order valence-corrected chi connectivity index (χ0v) is 12.6. The van der Waals surface area contributed by atoms with E-state index in [0.29, 0.717) is 13.1 Å². The number of likely N-dealkylation sites (N-methyl/N-ethyl adjacent to an activating group) is 2. The lowest BCUT2D eigenvalue weighted by molar-refractivity contribution is -0.138. The summed E-state index contributed by atoms with van der Waals surface area (Å²) in [5.41, 5.74) is -0.234. The minimum Gasteiger partial charge on any atom is -0.452 e. The summed E-state index contributed by atoms with van der Waals surface area (Å²) in [6, 6.07) is 5.34. The Hall–Kier alpha value is -2.44. The molecule has 2 amide bonds. The highest BCUT2D eigenvalue weighted by Crippen LogP contribution is 2.08. The number of esters is 1. The zero-order chi connectivity index (χ0) is 16.5. The molecule has 0 aliphatic heterocycles. The fourth-order valence-corrected chi connectivity index (χ4v) is 1.73. The molecular weight excluding hydrogens is 291 g/mol. The van der Waals surface area contributed by atoms with Crippen LogP contribution in [-0.4, -0.2) is 48.9 Å². The number of hydrogen-bond acceptors (Lipinski definition) is 4. The van der Waals surface area contributed by atoms with Crippen molar-refractivity contribution in [2.24, 2.45) is 0 Å². The quantitative estimate of drug-likeness (QED) is 0.761. The molecule has 0 fully saturated rings. The van der Waals surface area contributed by atoms with Crippen molar-refractivity contribution < 1.29 is 23.5 Å². The fourth-order valence-electron chi connectivity index (χ4n) is 1.73. The van der Waals surface area contributed by atoms with Gasteiger partial charge in [-0.3, -0.25) is 9.59 Å². The van der Waals surface area contributed by atoms with E-state index in [1.165, 1.54) is 23.1 Å². The molecule has 0 radical (unpaired) electrons. The van der Waals surface area contributed by atoms with E-state index in [1.54, 1.807) is 13.8 Å². The summed E-state index contributed by atoms with van der Waals surface area (Å²) in [4.78, 5) is 36.3. The lowest BCUT2D eigenvalue weighted by Crippen LogP contribution is -2.42. The van der Waals surface area contributed by atoms with E-state index < -0.39 is 24.3 Å². The van der Waals surface area contributed by atoms with Crippen molar-refractivity contribution in [3.8, 4) is 0 Å².